The number of ether oxygens (including phenoxy) is 2. The van der Waals surface area contributed by atoms with Gasteiger partial charge in [0.15, 0.2) is 11.6 Å². The average Bonchev–Trinajstić information content (AvgIpc) is 3.36. The molecule has 0 bridgehead atoms. The molecule has 37 heavy (non-hydrogen) atoms. The van der Waals surface area contributed by atoms with Crippen LogP contribution in [0.1, 0.15) is 55.8 Å². The average molecular weight is 520 g/mol. The summed E-state index contributed by atoms with van der Waals surface area (Å²) in [6.45, 7) is 2.22. The summed E-state index contributed by atoms with van der Waals surface area (Å²) in [7, 11) is 1.58. The Kier molecular flexibility index (Phi) is 8.09. The number of methoxy groups -OCH3 is 1. The van der Waals surface area contributed by atoms with E-state index in [1.165, 1.54) is 0 Å². The smallest absolute Gasteiger partial charge is 0.338 e. The topological polar surface area (TPSA) is 127 Å². The summed E-state index contributed by atoms with van der Waals surface area (Å²) in [5.41, 5.74) is 1.78. The van der Waals surface area contributed by atoms with Gasteiger partial charge in [0.05, 0.1) is 30.2 Å². The van der Waals surface area contributed by atoms with Crippen LogP contribution in [0, 0.1) is 0 Å². The lowest BCUT2D eigenvalue weighted by molar-refractivity contribution is 0.0526. The van der Waals surface area contributed by atoms with E-state index in [1.54, 1.807) is 43.7 Å². The molecule has 0 saturated heterocycles. The number of carbonyl (C=O) groups excluding carboxylic acids is 3. The van der Waals surface area contributed by atoms with Gasteiger partial charge in [-0.15, -0.1) is 11.3 Å². The lowest BCUT2D eigenvalue weighted by Crippen LogP contribution is -2.24. The maximum absolute atomic E-state index is 12.8. The summed E-state index contributed by atoms with van der Waals surface area (Å²) in [6.07, 6.45) is 0.631. The third-order valence-corrected chi connectivity index (χ3v) is 6.52. The van der Waals surface area contributed by atoms with Gasteiger partial charge in [-0.2, -0.15) is 0 Å². The van der Waals surface area contributed by atoms with Crippen LogP contribution in [0.3, 0.4) is 0 Å². The van der Waals surface area contributed by atoms with Crippen LogP contribution >= 0.6 is 11.3 Å². The van der Waals surface area contributed by atoms with Crippen molar-refractivity contribution in [2.75, 3.05) is 13.7 Å². The second kappa shape index (κ2) is 11.6. The Morgan fingerprint density at radius 3 is 2.59 bits per heavy atom. The zero-order valence-electron chi connectivity index (χ0n) is 20.3. The zero-order chi connectivity index (χ0) is 26.4. The fourth-order valence-corrected chi connectivity index (χ4v) is 4.62. The maximum Gasteiger partial charge on any atom is 0.338 e. The molecular formula is C27H25N3O6S. The minimum Gasteiger partial charge on any atom is -0.497 e. The number of hydrogen-bond donors (Lipinski definition) is 2. The summed E-state index contributed by atoms with van der Waals surface area (Å²) in [5.74, 6) is -0.475. The van der Waals surface area contributed by atoms with Crippen LogP contribution in [-0.4, -0.2) is 41.3 Å². The first-order chi connectivity index (χ1) is 17.9. The van der Waals surface area contributed by atoms with E-state index in [4.69, 9.17) is 9.47 Å². The molecule has 2 aromatic carbocycles. The standard InChI is InChI=1S/C27H25N3O6S/c1-3-36-27(34)18-10-7-17(8-11-18)14-28-24(32)20-15-37-26-22(20)25(33)29-23(30-26)21(31)12-9-16-5-4-6-19(13-16)35-2/h4-8,10-11,13,15H,3,9,12,14H2,1-2H3,(H,28,32)(H,29,30,33). The van der Waals surface area contributed by atoms with Crippen molar-refractivity contribution in [3.8, 4) is 5.75 Å². The number of nitrogens with one attached hydrogen (secondary N) is 2. The molecule has 0 unspecified atom stereocenters. The first-order valence-electron chi connectivity index (χ1n) is 11.6. The van der Waals surface area contributed by atoms with Crippen molar-refractivity contribution in [1.82, 2.24) is 15.3 Å². The Balaban J connectivity index is 1.42. The zero-order valence-corrected chi connectivity index (χ0v) is 21.1. The number of H-pyrrole nitrogens is 1. The predicted octanol–water partition coefficient (Wildman–Crippen LogP) is 3.92. The Hall–Kier alpha value is -4.31. The lowest BCUT2D eigenvalue weighted by Gasteiger charge is -2.06. The number of nitrogens with zero attached hydrogens (tertiary/aromatic N) is 1. The monoisotopic (exact) mass is 519 g/mol. The number of ketones is 1. The van der Waals surface area contributed by atoms with Gasteiger partial charge < -0.3 is 19.8 Å². The highest BCUT2D eigenvalue weighted by Crippen LogP contribution is 2.22. The van der Waals surface area contributed by atoms with Crippen LogP contribution in [0.25, 0.3) is 10.2 Å². The van der Waals surface area contributed by atoms with Gasteiger partial charge in [-0.1, -0.05) is 24.3 Å². The Morgan fingerprint density at radius 1 is 1.08 bits per heavy atom. The van der Waals surface area contributed by atoms with Crippen LogP contribution in [-0.2, 0) is 17.7 Å². The molecule has 9 nitrogen and oxygen atoms in total. The van der Waals surface area contributed by atoms with Gasteiger partial charge >= 0.3 is 5.97 Å². The Labute approximate surface area is 216 Å². The normalized spacial score (nSPS) is 10.8. The van der Waals surface area contributed by atoms with Crippen molar-refractivity contribution < 1.29 is 23.9 Å². The quantitative estimate of drug-likeness (QED) is 0.240. The van der Waals surface area contributed by atoms with Crippen LogP contribution in [0.2, 0.25) is 0 Å². The molecule has 0 saturated carbocycles. The van der Waals surface area contributed by atoms with Crippen molar-refractivity contribution in [2.45, 2.75) is 26.3 Å². The highest BCUT2D eigenvalue weighted by Gasteiger charge is 2.19. The second-order valence-corrected chi connectivity index (χ2v) is 8.98. The number of hydrogen-bond acceptors (Lipinski definition) is 8. The highest BCUT2D eigenvalue weighted by atomic mass is 32.1. The molecule has 0 spiro atoms. The molecule has 10 heteroatoms. The van der Waals surface area contributed by atoms with Crippen molar-refractivity contribution >= 4 is 39.2 Å². The van der Waals surface area contributed by atoms with E-state index in [2.05, 4.69) is 15.3 Å². The van der Waals surface area contributed by atoms with Crippen molar-refractivity contribution in [3.05, 3.63) is 92.3 Å². The molecule has 1 amide bonds. The first-order valence-corrected chi connectivity index (χ1v) is 12.5. The number of aromatic amines is 1. The summed E-state index contributed by atoms with van der Waals surface area (Å²) >= 11 is 1.13. The predicted molar refractivity (Wildman–Crippen MR) is 139 cm³/mol. The molecule has 2 aromatic heterocycles. The number of amides is 1. The fourth-order valence-electron chi connectivity index (χ4n) is 3.70. The number of aryl methyl sites for hydroxylation is 1. The number of Topliss-reactive ketones (excluding diaryl/α,β-unsaturated/α-hetero) is 1. The Morgan fingerprint density at radius 2 is 1.86 bits per heavy atom. The van der Waals surface area contributed by atoms with E-state index in [0.29, 0.717) is 22.6 Å². The van der Waals surface area contributed by atoms with Gasteiger partial charge in [0, 0.05) is 18.3 Å². The van der Waals surface area contributed by atoms with Gasteiger partial charge in [0.25, 0.3) is 11.5 Å². The first kappa shape index (κ1) is 25.8. The molecule has 0 fully saturated rings. The van der Waals surface area contributed by atoms with Gasteiger partial charge in [-0.3, -0.25) is 14.4 Å². The van der Waals surface area contributed by atoms with Gasteiger partial charge in [-0.05, 0) is 48.7 Å². The van der Waals surface area contributed by atoms with Crippen molar-refractivity contribution in [3.63, 3.8) is 0 Å². The lowest BCUT2D eigenvalue weighted by atomic mass is 10.1. The van der Waals surface area contributed by atoms with E-state index < -0.39 is 17.4 Å². The van der Waals surface area contributed by atoms with Gasteiger partial charge in [0.1, 0.15) is 10.6 Å². The molecule has 4 aromatic rings. The molecular weight excluding hydrogens is 494 g/mol. The minimum absolute atomic E-state index is 0.0316. The highest BCUT2D eigenvalue weighted by molar-refractivity contribution is 7.17. The molecule has 4 rings (SSSR count). The van der Waals surface area contributed by atoms with Gasteiger partial charge in [-0.25, -0.2) is 9.78 Å². The largest absolute Gasteiger partial charge is 0.497 e. The van der Waals surface area contributed by atoms with Crippen molar-refractivity contribution in [1.29, 1.82) is 0 Å². The van der Waals surface area contributed by atoms with E-state index in [9.17, 15) is 19.2 Å². The molecule has 0 aliphatic rings. The molecule has 0 aliphatic carbocycles. The summed E-state index contributed by atoms with van der Waals surface area (Å²) in [5, 5.41) is 4.47. The molecule has 0 radical (unpaired) electrons. The number of rotatable bonds is 10. The molecule has 190 valence electrons. The number of thiophene rings is 1. The summed E-state index contributed by atoms with van der Waals surface area (Å²) in [4.78, 5) is 57.2. The molecule has 2 heterocycles. The number of benzene rings is 2. The Bertz CT molecular complexity index is 1510. The fraction of sp³-hybridized carbons (Fsp3) is 0.222. The summed E-state index contributed by atoms with van der Waals surface area (Å²) in [6, 6.07) is 14.1. The molecule has 2 N–H and O–H groups in total. The number of esters is 1. The SMILES string of the molecule is CCOC(=O)c1ccc(CNC(=O)c2csc3nc(C(=O)CCc4cccc(OC)c4)[nH]c(=O)c23)cc1. The van der Waals surface area contributed by atoms with Crippen LogP contribution in [0.15, 0.2) is 58.7 Å². The van der Waals surface area contributed by atoms with E-state index in [1.807, 2.05) is 24.3 Å². The number of fused-ring (bicyclic) bond motifs is 1. The summed E-state index contributed by atoms with van der Waals surface area (Å²) < 4.78 is 10.2. The van der Waals surface area contributed by atoms with Crippen molar-refractivity contribution in [2.24, 2.45) is 0 Å². The third kappa shape index (κ3) is 6.10. The van der Waals surface area contributed by atoms with E-state index in [0.717, 1.165) is 22.5 Å². The second-order valence-electron chi connectivity index (χ2n) is 8.12. The molecule has 0 aliphatic heterocycles. The van der Waals surface area contributed by atoms with E-state index in [-0.39, 0.29) is 42.1 Å². The van der Waals surface area contributed by atoms with Crippen LogP contribution in [0.4, 0.5) is 0 Å². The molecule has 0 atom stereocenters. The van der Waals surface area contributed by atoms with Crippen LogP contribution < -0.4 is 15.6 Å². The number of carbonyl (C=O) groups is 3. The third-order valence-electron chi connectivity index (χ3n) is 5.65. The number of aromatic nitrogens is 2. The minimum atomic E-state index is -0.542. The van der Waals surface area contributed by atoms with E-state index >= 15 is 0 Å². The van der Waals surface area contributed by atoms with Gasteiger partial charge in [0.2, 0.25) is 0 Å². The maximum atomic E-state index is 12.8. The van der Waals surface area contributed by atoms with Crippen LogP contribution in [0.5, 0.6) is 5.75 Å².